The van der Waals surface area contributed by atoms with Crippen molar-refractivity contribution >= 4 is 45.1 Å². The zero-order valence-corrected chi connectivity index (χ0v) is 10.3. The summed E-state index contributed by atoms with van der Waals surface area (Å²) in [6, 6.07) is 0. The van der Waals surface area contributed by atoms with Crippen LogP contribution in [0.4, 0.5) is 5.95 Å². The van der Waals surface area contributed by atoms with E-state index in [-0.39, 0.29) is 0 Å². The molecule has 1 aromatic rings. The number of nitrogens with one attached hydrogen (secondary N) is 1. The molecule has 1 fully saturated rings. The molecule has 3 nitrogen and oxygen atoms in total. The topological polar surface area (TPSA) is 37.8 Å². The Hall–Kier alpha value is -0.0600. The zero-order chi connectivity index (χ0) is 10.2. The number of alkyl halides is 2. The van der Waals surface area contributed by atoms with Crippen molar-refractivity contribution < 1.29 is 0 Å². The van der Waals surface area contributed by atoms with Gasteiger partial charge in [-0.1, -0.05) is 0 Å². The van der Waals surface area contributed by atoms with Gasteiger partial charge in [-0.25, -0.2) is 9.97 Å². The normalized spacial score (nSPS) is 23.2. The van der Waals surface area contributed by atoms with E-state index in [9.17, 15) is 0 Å². The molecule has 1 aliphatic carbocycles. The number of anilines is 1. The number of hydrogen-bond acceptors (Lipinski definition) is 3. The predicted octanol–water partition coefficient (Wildman–Crippen LogP) is 2.84. The van der Waals surface area contributed by atoms with Gasteiger partial charge in [-0.05, 0) is 22.4 Å². The molecule has 6 heteroatoms. The van der Waals surface area contributed by atoms with Crippen molar-refractivity contribution in [3.8, 4) is 0 Å². The van der Waals surface area contributed by atoms with Crippen LogP contribution in [0.15, 0.2) is 16.9 Å². The van der Waals surface area contributed by atoms with Gasteiger partial charge in [0.05, 0.1) is 4.47 Å². The summed E-state index contributed by atoms with van der Waals surface area (Å²) in [7, 11) is 0. The highest BCUT2D eigenvalue weighted by Gasteiger charge is 2.51. The highest BCUT2D eigenvalue weighted by molar-refractivity contribution is 9.10. The molecule has 2 rings (SSSR count). The third kappa shape index (κ3) is 2.49. The number of rotatable bonds is 3. The van der Waals surface area contributed by atoms with Crippen LogP contribution in [0.25, 0.3) is 0 Å². The Bertz CT molecular complexity index is 328. The highest BCUT2D eigenvalue weighted by atomic mass is 79.9. The van der Waals surface area contributed by atoms with Gasteiger partial charge < -0.3 is 5.32 Å². The monoisotopic (exact) mass is 295 g/mol. The van der Waals surface area contributed by atoms with Gasteiger partial charge in [0, 0.05) is 24.9 Å². The van der Waals surface area contributed by atoms with Crippen LogP contribution < -0.4 is 5.32 Å². The number of nitrogens with zero attached hydrogens (tertiary/aromatic N) is 2. The van der Waals surface area contributed by atoms with Gasteiger partial charge in [-0.15, -0.1) is 23.2 Å². The molecule has 0 amide bonds. The fraction of sp³-hybridized carbons (Fsp3) is 0.500. The van der Waals surface area contributed by atoms with Crippen molar-refractivity contribution in [1.29, 1.82) is 0 Å². The van der Waals surface area contributed by atoms with Crippen molar-refractivity contribution in [3.63, 3.8) is 0 Å². The van der Waals surface area contributed by atoms with Crippen LogP contribution in [0.5, 0.6) is 0 Å². The SMILES string of the molecule is ClC1(Cl)CC1CNc1ncc(Br)cn1. The van der Waals surface area contributed by atoms with E-state index in [4.69, 9.17) is 23.2 Å². The Balaban J connectivity index is 1.84. The largest absolute Gasteiger partial charge is 0.354 e. The maximum absolute atomic E-state index is 5.88. The average molecular weight is 297 g/mol. The fourth-order valence-electron chi connectivity index (χ4n) is 1.11. The van der Waals surface area contributed by atoms with Crippen molar-refractivity contribution in [1.82, 2.24) is 9.97 Å². The molecular formula is C8H8BrCl2N3. The van der Waals surface area contributed by atoms with Crippen LogP contribution >= 0.6 is 39.1 Å². The van der Waals surface area contributed by atoms with Gasteiger partial charge in [0.2, 0.25) is 5.95 Å². The molecule has 1 saturated carbocycles. The van der Waals surface area contributed by atoms with E-state index in [1.54, 1.807) is 12.4 Å². The Morgan fingerprint density at radius 1 is 1.50 bits per heavy atom. The molecule has 0 radical (unpaired) electrons. The number of halogens is 3. The van der Waals surface area contributed by atoms with Gasteiger partial charge >= 0.3 is 0 Å². The third-order valence-corrected chi connectivity index (χ3v) is 3.42. The van der Waals surface area contributed by atoms with Crippen LogP contribution in [0, 0.1) is 5.92 Å². The lowest BCUT2D eigenvalue weighted by atomic mass is 10.4. The second-order valence-corrected chi connectivity index (χ2v) is 5.73. The first kappa shape index (κ1) is 10.5. The van der Waals surface area contributed by atoms with E-state index >= 15 is 0 Å². The van der Waals surface area contributed by atoms with Crippen molar-refractivity contribution in [2.75, 3.05) is 11.9 Å². The predicted molar refractivity (Wildman–Crippen MR) is 60.8 cm³/mol. The molecule has 0 saturated heterocycles. The Morgan fingerprint density at radius 2 is 2.07 bits per heavy atom. The zero-order valence-electron chi connectivity index (χ0n) is 7.17. The molecular weight excluding hydrogens is 289 g/mol. The van der Waals surface area contributed by atoms with Crippen LogP contribution in [-0.2, 0) is 0 Å². The second kappa shape index (κ2) is 3.83. The molecule has 76 valence electrons. The van der Waals surface area contributed by atoms with Gasteiger partial charge in [0.1, 0.15) is 4.33 Å². The molecule has 1 unspecified atom stereocenters. The minimum Gasteiger partial charge on any atom is -0.354 e. The van der Waals surface area contributed by atoms with Gasteiger partial charge in [0.15, 0.2) is 0 Å². The van der Waals surface area contributed by atoms with E-state index in [1.807, 2.05) is 0 Å². The van der Waals surface area contributed by atoms with E-state index < -0.39 is 4.33 Å². The molecule has 1 aromatic heterocycles. The van der Waals surface area contributed by atoms with Gasteiger partial charge in [-0.2, -0.15) is 0 Å². The fourth-order valence-corrected chi connectivity index (χ4v) is 1.84. The highest BCUT2D eigenvalue weighted by Crippen LogP contribution is 2.52. The quantitative estimate of drug-likeness (QED) is 0.872. The lowest BCUT2D eigenvalue weighted by Gasteiger charge is -2.03. The lowest BCUT2D eigenvalue weighted by Crippen LogP contribution is -2.09. The molecule has 0 aliphatic heterocycles. The maximum atomic E-state index is 5.88. The van der Waals surface area contributed by atoms with Crippen LogP contribution in [-0.4, -0.2) is 20.8 Å². The minimum absolute atomic E-state index is 0.304. The average Bonchev–Trinajstić information content (AvgIpc) is 2.73. The summed E-state index contributed by atoms with van der Waals surface area (Å²) in [6.07, 6.45) is 4.22. The van der Waals surface area contributed by atoms with E-state index in [2.05, 4.69) is 31.2 Å². The summed E-state index contributed by atoms with van der Waals surface area (Å²) in [5.74, 6) is 0.905. The first-order chi connectivity index (χ1) is 6.58. The number of aromatic nitrogens is 2. The van der Waals surface area contributed by atoms with Gasteiger partial charge in [0.25, 0.3) is 0 Å². The minimum atomic E-state index is -0.539. The molecule has 14 heavy (non-hydrogen) atoms. The molecule has 1 aliphatic rings. The molecule has 1 N–H and O–H groups in total. The van der Waals surface area contributed by atoms with Crippen LogP contribution in [0.3, 0.4) is 0 Å². The second-order valence-electron chi connectivity index (χ2n) is 3.27. The summed E-state index contributed by atoms with van der Waals surface area (Å²) in [4.78, 5) is 8.14. The molecule has 0 spiro atoms. The summed E-state index contributed by atoms with van der Waals surface area (Å²) in [5.41, 5.74) is 0. The molecule has 1 heterocycles. The smallest absolute Gasteiger partial charge is 0.222 e. The molecule has 1 atom stereocenters. The molecule has 0 bridgehead atoms. The van der Waals surface area contributed by atoms with Crippen molar-refractivity contribution in [2.24, 2.45) is 5.92 Å². The maximum Gasteiger partial charge on any atom is 0.222 e. The van der Waals surface area contributed by atoms with Crippen LogP contribution in [0.2, 0.25) is 0 Å². The van der Waals surface area contributed by atoms with Crippen LogP contribution in [0.1, 0.15) is 6.42 Å². The first-order valence-corrected chi connectivity index (χ1v) is 5.72. The molecule has 0 aromatic carbocycles. The Labute approximate surface area is 100 Å². The van der Waals surface area contributed by atoms with E-state index in [1.165, 1.54) is 0 Å². The van der Waals surface area contributed by atoms with E-state index in [0.717, 1.165) is 10.9 Å². The number of hydrogen-bond donors (Lipinski definition) is 1. The van der Waals surface area contributed by atoms with Crippen molar-refractivity contribution in [3.05, 3.63) is 16.9 Å². The summed E-state index contributed by atoms with van der Waals surface area (Å²) < 4.78 is 0.320. The Morgan fingerprint density at radius 3 is 2.57 bits per heavy atom. The summed E-state index contributed by atoms with van der Waals surface area (Å²) in [5, 5.41) is 3.08. The Kier molecular flexibility index (Phi) is 2.86. The van der Waals surface area contributed by atoms with E-state index in [0.29, 0.717) is 18.4 Å². The first-order valence-electron chi connectivity index (χ1n) is 4.17. The standard InChI is InChI=1S/C8H8BrCl2N3/c9-6-3-13-7(14-4-6)12-2-5-1-8(5,10)11/h3-5H,1-2H2,(H,12,13,14). The van der Waals surface area contributed by atoms with Crippen molar-refractivity contribution in [2.45, 2.75) is 10.8 Å². The summed E-state index contributed by atoms with van der Waals surface area (Å²) in [6.45, 7) is 0.717. The third-order valence-electron chi connectivity index (χ3n) is 2.08. The van der Waals surface area contributed by atoms with Gasteiger partial charge in [-0.3, -0.25) is 0 Å². The lowest BCUT2D eigenvalue weighted by molar-refractivity contribution is 0.860. The summed E-state index contributed by atoms with van der Waals surface area (Å²) >= 11 is 15.0.